The van der Waals surface area contributed by atoms with E-state index in [9.17, 15) is 9.18 Å². The lowest BCUT2D eigenvalue weighted by atomic mass is 10.1. The van der Waals surface area contributed by atoms with Crippen LogP contribution >= 0.6 is 22.7 Å². The Kier molecular flexibility index (Phi) is 7.10. The lowest BCUT2D eigenvalue weighted by molar-refractivity contribution is -0.118. The number of aromatic nitrogens is 4. The second-order valence-corrected chi connectivity index (χ2v) is 8.52. The van der Waals surface area contributed by atoms with Crippen LogP contribution in [0.3, 0.4) is 0 Å². The molecular weight excluding hydrogens is 449 g/mol. The molecular formula is C21H20FN7OS2. The van der Waals surface area contributed by atoms with Gasteiger partial charge >= 0.3 is 0 Å². The van der Waals surface area contributed by atoms with Crippen LogP contribution in [0.5, 0.6) is 0 Å². The number of nitrogens with one attached hydrogen (secondary N) is 3. The molecule has 4 rings (SSSR count). The van der Waals surface area contributed by atoms with Crippen molar-refractivity contribution in [1.29, 1.82) is 0 Å². The van der Waals surface area contributed by atoms with Gasteiger partial charge in [-0.2, -0.15) is 0 Å². The minimum atomic E-state index is -0.564. The minimum Gasteiger partial charge on any atom is -0.373 e. The summed E-state index contributed by atoms with van der Waals surface area (Å²) in [5.74, 6) is 0.149. The average Bonchev–Trinajstić information content (AvgIpc) is 3.50. The van der Waals surface area contributed by atoms with Gasteiger partial charge in [-0.1, -0.05) is 23.5 Å². The summed E-state index contributed by atoms with van der Waals surface area (Å²) in [5.41, 5.74) is 4.29. The van der Waals surface area contributed by atoms with Crippen molar-refractivity contribution in [3.05, 3.63) is 70.6 Å². The van der Waals surface area contributed by atoms with E-state index >= 15 is 0 Å². The quantitative estimate of drug-likeness (QED) is 0.344. The third kappa shape index (κ3) is 5.69. The maximum atomic E-state index is 13.3. The van der Waals surface area contributed by atoms with Crippen LogP contribution in [0.15, 0.2) is 53.5 Å². The molecule has 3 N–H and O–H groups in total. The van der Waals surface area contributed by atoms with E-state index in [1.165, 1.54) is 34.8 Å². The lowest BCUT2D eigenvalue weighted by Crippen LogP contribution is -2.41. The first-order chi connectivity index (χ1) is 15.6. The van der Waals surface area contributed by atoms with E-state index in [-0.39, 0.29) is 11.7 Å². The van der Waals surface area contributed by atoms with Crippen molar-refractivity contribution in [2.45, 2.75) is 19.0 Å². The number of halogens is 1. The number of hydrogen-bond donors (Lipinski definition) is 3. The van der Waals surface area contributed by atoms with Crippen LogP contribution in [0.4, 0.5) is 15.3 Å². The van der Waals surface area contributed by atoms with Gasteiger partial charge in [0, 0.05) is 30.7 Å². The standard InChI is InChI=1S/C21H20FN7OS2/c1-23-18-9-14(6-7-24-18)20-28-29-21(32-20)27-19(30)17(25-10-16-11-31-12-26-16)8-13-2-4-15(22)5-3-13/h2-7,9,11-12,17,25H,8,10H2,1H3,(H,23,24)(H,27,29,30). The number of nitrogens with zero attached hydrogens (tertiary/aromatic N) is 4. The summed E-state index contributed by atoms with van der Waals surface area (Å²) in [6.45, 7) is 0.438. The van der Waals surface area contributed by atoms with Gasteiger partial charge in [-0.05, 0) is 36.2 Å². The number of hydrogen-bond acceptors (Lipinski definition) is 9. The Balaban J connectivity index is 1.47. The zero-order valence-electron chi connectivity index (χ0n) is 17.1. The molecule has 1 atom stereocenters. The highest BCUT2D eigenvalue weighted by Crippen LogP contribution is 2.27. The molecule has 1 aromatic carbocycles. The molecule has 0 saturated carbocycles. The minimum absolute atomic E-state index is 0.252. The molecule has 0 saturated heterocycles. The third-order valence-electron chi connectivity index (χ3n) is 4.60. The normalized spacial score (nSPS) is 11.8. The van der Waals surface area contributed by atoms with Crippen LogP contribution < -0.4 is 16.0 Å². The fraction of sp³-hybridized carbons (Fsp3) is 0.190. The summed E-state index contributed by atoms with van der Waals surface area (Å²) < 4.78 is 13.3. The molecule has 32 heavy (non-hydrogen) atoms. The number of pyridine rings is 1. The number of amides is 1. The number of benzene rings is 1. The van der Waals surface area contributed by atoms with Crippen LogP contribution in [-0.2, 0) is 17.8 Å². The van der Waals surface area contributed by atoms with Gasteiger partial charge in [0.15, 0.2) is 0 Å². The van der Waals surface area contributed by atoms with Crippen LogP contribution in [-0.4, -0.2) is 39.2 Å². The van der Waals surface area contributed by atoms with Gasteiger partial charge in [-0.3, -0.25) is 15.4 Å². The smallest absolute Gasteiger partial charge is 0.243 e. The zero-order valence-corrected chi connectivity index (χ0v) is 18.7. The van der Waals surface area contributed by atoms with E-state index in [4.69, 9.17) is 0 Å². The molecule has 0 aliphatic heterocycles. The molecule has 0 fully saturated rings. The van der Waals surface area contributed by atoms with Crippen LogP contribution in [0.1, 0.15) is 11.3 Å². The monoisotopic (exact) mass is 469 g/mol. The van der Waals surface area contributed by atoms with Gasteiger partial charge in [0.2, 0.25) is 11.0 Å². The van der Waals surface area contributed by atoms with Gasteiger partial charge in [-0.15, -0.1) is 21.5 Å². The first kappa shape index (κ1) is 21.9. The summed E-state index contributed by atoms with van der Waals surface area (Å²) in [6.07, 6.45) is 2.07. The maximum Gasteiger partial charge on any atom is 0.243 e. The van der Waals surface area contributed by atoms with Crippen molar-refractivity contribution >= 4 is 39.5 Å². The molecule has 8 nitrogen and oxygen atoms in total. The van der Waals surface area contributed by atoms with Crippen LogP contribution in [0.25, 0.3) is 10.6 Å². The summed E-state index contributed by atoms with van der Waals surface area (Å²) in [7, 11) is 1.79. The van der Waals surface area contributed by atoms with E-state index in [0.717, 1.165) is 16.8 Å². The summed E-state index contributed by atoms with van der Waals surface area (Å²) in [5, 5.41) is 20.3. The first-order valence-electron chi connectivity index (χ1n) is 9.74. The molecule has 164 valence electrons. The topological polar surface area (TPSA) is 105 Å². The fourth-order valence-corrected chi connectivity index (χ4v) is 4.25. The van der Waals surface area contributed by atoms with Gasteiger partial charge in [0.25, 0.3) is 0 Å². The highest BCUT2D eigenvalue weighted by molar-refractivity contribution is 7.18. The van der Waals surface area contributed by atoms with E-state index in [1.807, 2.05) is 17.5 Å². The SMILES string of the molecule is CNc1cc(-c2nnc(NC(=O)C(Cc3ccc(F)cc3)NCc3cscn3)s2)ccn1. The van der Waals surface area contributed by atoms with Gasteiger partial charge in [-0.25, -0.2) is 14.4 Å². The molecule has 1 unspecified atom stereocenters. The van der Waals surface area contributed by atoms with Gasteiger partial charge in [0.1, 0.15) is 16.6 Å². The lowest BCUT2D eigenvalue weighted by Gasteiger charge is -2.17. The van der Waals surface area contributed by atoms with Crippen molar-refractivity contribution in [2.24, 2.45) is 0 Å². The van der Waals surface area contributed by atoms with Crippen LogP contribution in [0, 0.1) is 5.82 Å². The number of thiazole rings is 1. The molecule has 3 aromatic heterocycles. The molecule has 4 aromatic rings. The summed E-state index contributed by atoms with van der Waals surface area (Å²) in [6, 6.07) is 9.24. The Morgan fingerprint density at radius 2 is 2.00 bits per heavy atom. The van der Waals surface area contributed by atoms with Crippen molar-refractivity contribution in [3.63, 3.8) is 0 Å². The Morgan fingerprint density at radius 1 is 1.16 bits per heavy atom. The Bertz CT molecular complexity index is 1170. The van der Waals surface area contributed by atoms with Crippen molar-refractivity contribution < 1.29 is 9.18 Å². The highest BCUT2D eigenvalue weighted by Gasteiger charge is 2.21. The number of carbonyl (C=O) groups excluding carboxylic acids is 1. The first-order valence-corrected chi connectivity index (χ1v) is 11.5. The molecule has 11 heteroatoms. The molecule has 0 aliphatic rings. The predicted octanol–water partition coefficient (Wildman–Crippen LogP) is 3.58. The number of carbonyl (C=O) groups is 1. The highest BCUT2D eigenvalue weighted by atomic mass is 32.1. The predicted molar refractivity (Wildman–Crippen MR) is 124 cm³/mol. The summed E-state index contributed by atoms with van der Waals surface area (Å²) >= 11 is 2.77. The molecule has 0 bridgehead atoms. The third-order valence-corrected chi connectivity index (χ3v) is 6.12. The van der Waals surface area contributed by atoms with Gasteiger partial charge < -0.3 is 5.32 Å². The Labute approximate surface area is 192 Å². The molecule has 0 radical (unpaired) electrons. The maximum absolute atomic E-state index is 13.3. The van der Waals surface area contributed by atoms with Crippen molar-refractivity contribution in [3.8, 4) is 10.6 Å². The largest absolute Gasteiger partial charge is 0.373 e. The molecule has 3 heterocycles. The number of rotatable bonds is 9. The fourth-order valence-electron chi connectivity index (χ4n) is 2.95. The second-order valence-electron chi connectivity index (χ2n) is 6.83. The van der Waals surface area contributed by atoms with E-state index in [0.29, 0.717) is 28.9 Å². The Hall–Kier alpha value is -3.28. The molecule has 1 amide bonds. The van der Waals surface area contributed by atoms with Crippen LogP contribution in [0.2, 0.25) is 0 Å². The van der Waals surface area contributed by atoms with E-state index in [1.54, 1.807) is 30.9 Å². The Morgan fingerprint density at radius 3 is 2.75 bits per heavy atom. The van der Waals surface area contributed by atoms with Crippen molar-refractivity contribution in [2.75, 3.05) is 17.7 Å². The molecule has 0 aliphatic carbocycles. The summed E-state index contributed by atoms with van der Waals surface area (Å²) in [4.78, 5) is 21.5. The number of anilines is 2. The van der Waals surface area contributed by atoms with E-state index < -0.39 is 6.04 Å². The zero-order chi connectivity index (χ0) is 22.3. The van der Waals surface area contributed by atoms with Crippen molar-refractivity contribution in [1.82, 2.24) is 25.5 Å². The average molecular weight is 470 g/mol. The second kappa shape index (κ2) is 10.4. The van der Waals surface area contributed by atoms with Gasteiger partial charge in [0.05, 0.1) is 17.2 Å². The van der Waals surface area contributed by atoms with E-state index in [2.05, 4.69) is 36.1 Å². The molecule has 0 spiro atoms.